The predicted octanol–water partition coefficient (Wildman–Crippen LogP) is 5.06. The number of nitrogen functional groups attached to an aromatic ring is 1. The normalized spacial score (nSPS) is 22.6. The maximum Gasteiger partial charge on any atom is 0.410 e. The van der Waals surface area contributed by atoms with Crippen LogP contribution in [0.3, 0.4) is 0 Å². The molecule has 3 aromatic rings. The summed E-state index contributed by atoms with van der Waals surface area (Å²) in [7, 11) is 2.04. The number of nitrogens with two attached hydrogens (primary N) is 1. The number of nitrogens with zero attached hydrogens (tertiary/aromatic N) is 5. The summed E-state index contributed by atoms with van der Waals surface area (Å²) in [4.78, 5) is 28.4. The van der Waals surface area contributed by atoms with Crippen LogP contribution >= 0.6 is 0 Å². The summed E-state index contributed by atoms with van der Waals surface area (Å²) >= 11 is 0. The lowest BCUT2D eigenvalue weighted by Gasteiger charge is -2.49. The molecule has 3 aromatic heterocycles. The molecule has 5 rings (SSSR count). The van der Waals surface area contributed by atoms with Gasteiger partial charge in [-0.3, -0.25) is 4.98 Å². The fourth-order valence-corrected chi connectivity index (χ4v) is 5.86. The number of allylic oxidation sites excluding steroid dienone is 2. The highest BCUT2D eigenvalue weighted by Gasteiger charge is 2.47. The molecule has 1 amide bonds. The molecule has 0 aromatic carbocycles. The van der Waals surface area contributed by atoms with Crippen molar-refractivity contribution in [3.63, 3.8) is 0 Å². The van der Waals surface area contributed by atoms with Crippen molar-refractivity contribution in [1.29, 1.82) is 0 Å². The molecule has 0 radical (unpaired) electrons. The van der Waals surface area contributed by atoms with Gasteiger partial charge in [0.25, 0.3) is 0 Å². The molecule has 1 aliphatic heterocycles. The molecule has 2 aliphatic rings. The van der Waals surface area contributed by atoms with Gasteiger partial charge in [-0.25, -0.2) is 14.8 Å². The quantitative estimate of drug-likeness (QED) is 0.521. The van der Waals surface area contributed by atoms with Gasteiger partial charge in [-0.1, -0.05) is 18.2 Å². The van der Waals surface area contributed by atoms with Crippen molar-refractivity contribution in [2.45, 2.75) is 58.0 Å². The monoisotopic (exact) mass is 474 g/mol. The number of aromatic nitrogens is 4. The van der Waals surface area contributed by atoms with Crippen LogP contribution in [0.2, 0.25) is 0 Å². The molecule has 4 heterocycles. The largest absolute Gasteiger partial charge is 0.444 e. The van der Waals surface area contributed by atoms with E-state index in [1.54, 1.807) is 6.20 Å². The minimum Gasteiger partial charge on any atom is -0.444 e. The Morgan fingerprint density at radius 3 is 2.74 bits per heavy atom. The number of carbonyl (C=O) groups excluding carboxylic acids is 1. The number of fused-ring (bicyclic) bond motifs is 1. The Labute approximate surface area is 206 Å². The zero-order valence-electron chi connectivity index (χ0n) is 21.0. The highest BCUT2D eigenvalue weighted by atomic mass is 16.6. The van der Waals surface area contributed by atoms with E-state index in [0.717, 1.165) is 53.5 Å². The van der Waals surface area contributed by atoms with Gasteiger partial charge in [0.1, 0.15) is 23.4 Å². The molecule has 0 bridgehead atoms. The number of aryl methyl sites for hydroxylation is 1. The van der Waals surface area contributed by atoms with Gasteiger partial charge in [0, 0.05) is 55.3 Å². The van der Waals surface area contributed by atoms with Crippen molar-refractivity contribution < 1.29 is 9.53 Å². The number of hydrogen-bond donors (Lipinski definition) is 1. The van der Waals surface area contributed by atoms with Crippen LogP contribution in [0.1, 0.15) is 58.1 Å². The van der Waals surface area contributed by atoms with Crippen molar-refractivity contribution in [3.05, 3.63) is 48.7 Å². The van der Waals surface area contributed by atoms with Gasteiger partial charge in [-0.2, -0.15) is 0 Å². The third kappa shape index (κ3) is 4.15. The third-order valence-corrected chi connectivity index (χ3v) is 7.50. The molecule has 8 heteroatoms. The first-order valence-electron chi connectivity index (χ1n) is 12.3. The molecular weight excluding hydrogens is 440 g/mol. The van der Waals surface area contributed by atoms with Crippen LogP contribution in [-0.2, 0) is 11.8 Å². The number of ether oxygens (including phenoxy) is 1. The number of pyridine rings is 1. The van der Waals surface area contributed by atoms with Crippen molar-refractivity contribution in [2.75, 3.05) is 18.8 Å². The Morgan fingerprint density at radius 1 is 1.23 bits per heavy atom. The van der Waals surface area contributed by atoms with Crippen molar-refractivity contribution in [2.24, 2.45) is 12.5 Å². The number of anilines is 1. The third-order valence-electron chi connectivity index (χ3n) is 7.50. The Kier molecular flexibility index (Phi) is 5.77. The molecule has 2 N–H and O–H groups in total. The molecule has 1 fully saturated rings. The summed E-state index contributed by atoms with van der Waals surface area (Å²) in [5, 5.41) is 0.842. The summed E-state index contributed by atoms with van der Waals surface area (Å²) in [6.45, 7) is 6.99. The maximum absolute atomic E-state index is 13.2. The number of piperidine rings is 1. The van der Waals surface area contributed by atoms with E-state index in [1.165, 1.54) is 6.33 Å². The van der Waals surface area contributed by atoms with Crippen LogP contribution in [-0.4, -0.2) is 49.2 Å². The average molecular weight is 475 g/mol. The van der Waals surface area contributed by atoms with E-state index in [4.69, 9.17) is 10.5 Å². The first kappa shape index (κ1) is 23.3. The lowest BCUT2D eigenvalue weighted by atomic mass is 9.62. The van der Waals surface area contributed by atoms with Crippen LogP contribution in [0.5, 0.6) is 0 Å². The van der Waals surface area contributed by atoms with Gasteiger partial charge >= 0.3 is 6.09 Å². The van der Waals surface area contributed by atoms with Crippen LogP contribution < -0.4 is 5.73 Å². The zero-order chi connectivity index (χ0) is 24.8. The van der Waals surface area contributed by atoms with Crippen LogP contribution in [0, 0.1) is 5.41 Å². The topological polar surface area (TPSA) is 99.2 Å². The second-order valence-corrected chi connectivity index (χ2v) is 10.8. The van der Waals surface area contributed by atoms with Crippen molar-refractivity contribution >= 4 is 22.9 Å². The highest BCUT2D eigenvalue weighted by molar-refractivity contribution is 6.02. The number of hydrogen-bond acceptors (Lipinski definition) is 6. The van der Waals surface area contributed by atoms with Gasteiger partial charge < -0.3 is 19.9 Å². The molecule has 2 atom stereocenters. The Hall–Kier alpha value is -3.42. The van der Waals surface area contributed by atoms with Crippen LogP contribution in [0.25, 0.3) is 22.2 Å². The minimum atomic E-state index is -0.542. The van der Waals surface area contributed by atoms with E-state index in [-0.39, 0.29) is 17.4 Å². The second kappa shape index (κ2) is 8.66. The summed E-state index contributed by atoms with van der Waals surface area (Å²) < 4.78 is 7.93. The van der Waals surface area contributed by atoms with E-state index in [1.807, 2.05) is 45.0 Å². The summed E-state index contributed by atoms with van der Waals surface area (Å²) in [6.07, 6.45) is 13.5. The fraction of sp³-hybridized carbons (Fsp3) is 0.481. The highest BCUT2D eigenvalue weighted by Crippen LogP contribution is 2.54. The lowest BCUT2D eigenvalue weighted by molar-refractivity contribution is 0.00134. The van der Waals surface area contributed by atoms with E-state index in [2.05, 4.69) is 37.7 Å². The first-order chi connectivity index (χ1) is 16.7. The van der Waals surface area contributed by atoms with Crippen molar-refractivity contribution in [1.82, 2.24) is 24.4 Å². The Bertz CT molecular complexity index is 1280. The summed E-state index contributed by atoms with van der Waals surface area (Å²) in [6, 6.07) is 3.99. The van der Waals surface area contributed by atoms with Gasteiger partial charge in [0.15, 0.2) is 0 Å². The zero-order valence-corrected chi connectivity index (χ0v) is 21.0. The Balaban J connectivity index is 1.70. The van der Waals surface area contributed by atoms with E-state index < -0.39 is 5.60 Å². The SMILES string of the molecule is Cn1c(C2CN(C(=O)OC(C)(C)C)CCC23CC=CCC3)c(-c2cccnc2)c2c(N)ncnc21. The molecule has 35 heavy (non-hydrogen) atoms. The van der Waals surface area contributed by atoms with Crippen LogP contribution in [0.4, 0.5) is 10.6 Å². The molecule has 1 spiro atoms. The van der Waals surface area contributed by atoms with E-state index >= 15 is 0 Å². The Morgan fingerprint density at radius 2 is 2.06 bits per heavy atom. The average Bonchev–Trinajstić information content (AvgIpc) is 3.13. The van der Waals surface area contributed by atoms with E-state index in [0.29, 0.717) is 18.9 Å². The van der Waals surface area contributed by atoms with Crippen LogP contribution in [0.15, 0.2) is 43.0 Å². The molecule has 184 valence electrons. The van der Waals surface area contributed by atoms with Gasteiger partial charge in [-0.05, 0) is 57.9 Å². The second-order valence-electron chi connectivity index (χ2n) is 10.8. The number of likely N-dealkylation sites (tertiary alicyclic amines) is 1. The lowest BCUT2D eigenvalue weighted by Crippen LogP contribution is -2.50. The molecule has 1 aliphatic carbocycles. The fourth-order valence-electron chi connectivity index (χ4n) is 5.86. The summed E-state index contributed by atoms with van der Waals surface area (Å²) in [5.41, 5.74) is 9.85. The van der Waals surface area contributed by atoms with Gasteiger partial charge in [-0.15, -0.1) is 0 Å². The van der Waals surface area contributed by atoms with Gasteiger partial charge in [0.2, 0.25) is 0 Å². The number of rotatable bonds is 2. The molecule has 1 saturated heterocycles. The molecule has 0 saturated carbocycles. The van der Waals surface area contributed by atoms with Gasteiger partial charge in [0.05, 0.1) is 5.39 Å². The standard InChI is InChI=1S/C27H34N6O2/c1-26(2,3)35-25(34)33-14-12-27(10-6-5-7-11-27)19(16-33)22-20(18-9-8-13-29-15-18)21-23(28)30-17-31-24(21)32(22)4/h5-6,8-9,13,15,17,19H,7,10-12,14,16H2,1-4H3,(H2,28,30,31). The van der Waals surface area contributed by atoms with E-state index in [9.17, 15) is 4.79 Å². The molecular formula is C27H34N6O2. The minimum absolute atomic E-state index is 0.0363. The summed E-state index contributed by atoms with van der Waals surface area (Å²) in [5.74, 6) is 0.524. The maximum atomic E-state index is 13.2. The first-order valence-corrected chi connectivity index (χ1v) is 12.3. The molecule has 2 unspecified atom stereocenters. The smallest absolute Gasteiger partial charge is 0.410 e. The number of amides is 1. The number of carbonyl (C=O) groups is 1. The predicted molar refractivity (Wildman–Crippen MR) is 137 cm³/mol. The van der Waals surface area contributed by atoms with Crippen molar-refractivity contribution in [3.8, 4) is 11.1 Å². The molecule has 8 nitrogen and oxygen atoms in total.